The highest BCUT2D eigenvalue weighted by Crippen LogP contribution is 2.69. The fraction of sp³-hybridized carbons (Fsp3) is 1.00. The zero-order chi connectivity index (χ0) is 15.3. The minimum atomic E-state index is -0.569. The maximum absolute atomic E-state index is 11.5. The Kier molecular flexibility index (Phi) is 3.94. The van der Waals surface area contributed by atoms with Crippen LogP contribution in [0.2, 0.25) is 0 Å². The zero-order valence-electron chi connectivity index (χ0n) is 14.2. The van der Waals surface area contributed by atoms with Gasteiger partial charge < -0.3 is 10.2 Å². The molecule has 4 aliphatic carbocycles. The molecule has 0 radical (unpaired) electrons. The second kappa shape index (κ2) is 5.23. The fourth-order valence-corrected chi connectivity index (χ4v) is 6.54. The Hall–Kier alpha value is -0.0800. The van der Waals surface area contributed by atoms with E-state index < -0.39 is 5.60 Å². The van der Waals surface area contributed by atoms with Gasteiger partial charge in [0.15, 0.2) is 0 Å². The molecule has 4 bridgehead atoms. The van der Waals surface area contributed by atoms with Crippen molar-refractivity contribution < 1.29 is 10.2 Å². The van der Waals surface area contributed by atoms with E-state index in [1.165, 1.54) is 44.9 Å². The van der Waals surface area contributed by atoms with Crippen LogP contribution in [0.25, 0.3) is 0 Å². The molecular formula is C19H34O2. The van der Waals surface area contributed by atoms with Crippen LogP contribution in [0.3, 0.4) is 0 Å². The van der Waals surface area contributed by atoms with Crippen LogP contribution in [0.5, 0.6) is 0 Å². The lowest BCUT2D eigenvalue weighted by Crippen LogP contribution is -2.63. The van der Waals surface area contributed by atoms with Crippen molar-refractivity contribution in [2.45, 2.75) is 84.2 Å². The predicted octanol–water partition coefficient (Wildman–Crippen LogP) is 4.14. The summed E-state index contributed by atoms with van der Waals surface area (Å²) < 4.78 is 0. The second-order valence-electron chi connectivity index (χ2n) is 9.09. The Labute approximate surface area is 130 Å². The van der Waals surface area contributed by atoms with Gasteiger partial charge in [0.05, 0.1) is 5.60 Å². The van der Waals surface area contributed by atoms with Gasteiger partial charge in [0.1, 0.15) is 0 Å². The van der Waals surface area contributed by atoms with Crippen molar-refractivity contribution in [3.63, 3.8) is 0 Å². The standard InChI is InChI=1S/C19H34O2/c1-4-5-6-14(2)17(3,21)19-10-15-7-16(11-19)9-18(8-15,12-19)13-20/h14-16,20-21H,4-13H2,1-3H3. The number of unbranched alkanes of at least 4 members (excludes halogenated alkanes) is 1. The molecule has 0 aromatic heterocycles. The third-order valence-corrected chi connectivity index (χ3v) is 7.54. The first-order chi connectivity index (χ1) is 9.86. The molecule has 4 saturated carbocycles. The first-order valence-electron chi connectivity index (χ1n) is 9.20. The minimum Gasteiger partial charge on any atom is -0.396 e. The van der Waals surface area contributed by atoms with E-state index in [2.05, 4.69) is 20.8 Å². The van der Waals surface area contributed by atoms with Crippen LogP contribution in [0.4, 0.5) is 0 Å². The van der Waals surface area contributed by atoms with E-state index in [4.69, 9.17) is 0 Å². The smallest absolute Gasteiger partial charge is 0.0701 e. The van der Waals surface area contributed by atoms with Crippen molar-refractivity contribution >= 4 is 0 Å². The van der Waals surface area contributed by atoms with Crippen LogP contribution < -0.4 is 0 Å². The normalized spacial score (nSPS) is 45.6. The summed E-state index contributed by atoms with van der Waals surface area (Å²) in [6, 6.07) is 0. The van der Waals surface area contributed by atoms with Gasteiger partial charge in [-0.05, 0) is 75.0 Å². The lowest BCUT2D eigenvalue weighted by Gasteiger charge is -2.66. The molecule has 4 atom stereocenters. The van der Waals surface area contributed by atoms with E-state index >= 15 is 0 Å². The molecule has 4 aliphatic rings. The molecular weight excluding hydrogens is 260 g/mol. The van der Waals surface area contributed by atoms with Gasteiger partial charge in [0, 0.05) is 12.0 Å². The summed E-state index contributed by atoms with van der Waals surface area (Å²) in [6.45, 7) is 6.93. The van der Waals surface area contributed by atoms with Gasteiger partial charge in [0.2, 0.25) is 0 Å². The lowest BCUT2D eigenvalue weighted by atomic mass is 9.40. The van der Waals surface area contributed by atoms with Gasteiger partial charge in [-0.25, -0.2) is 0 Å². The van der Waals surface area contributed by atoms with Crippen molar-refractivity contribution in [3.05, 3.63) is 0 Å². The monoisotopic (exact) mass is 294 g/mol. The summed E-state index contributed by atoms with van der Waals surface area (Å²) >= 11 is 0. The topological polar surface area (TPSA) is 40.5 Å². The first-order valence-corrected chi connectivity index (χ1v) is 9.20. The molecule has 0 amide bonds. The third kappa shape index (κ3) is 2.37. The van der Waals surface area contributed by atoms with Gasteiger partial charge in [-0.1, -0.05) is 26.7 Å². The highest BCUT2D eigenvalue weighted by Gasteiger charge is 2.63. The highest BCUT2D eigenvalue weighted by atomic mass is 16.3. The number of aliphatic hydroxyl groups is 2. The summed E-state index contributed by atoms with van der Waals surface area (Å²) in [5, 5.41) is 21.5. The SMILES string of the molecule is CCCCC(C)C(C)(O)C12CC3CC(CC(CO)(C3)C1)C2. The maximum Gasteiger partial charge on any atom is 0.0701 e. The average Bonchev–Trinajstić information content (AvgIpc) is 2.43. The van der Waals surface area contributed by atoms with Crippen LogP contribution in [-0.4, -0.2) is 22.4 Å². The van der Waals surface area contributed by atoms with Crippen molar-refractivity contribution in [1.82, 2.24) is 0 Å². The molecule has 0 aliphatic heterocycles. The molecule has 0 heterocycles. The molecule has 2 N–H and O–H groups in total. The highest BCUT2D eigenvalue weighted by molar-refractivity contribution is 5.13. The molecule has 2 heteroatoms. The Morgan fingerprint density at radius 1 is 1.19 bits per heavy atom. The molecule has 21 heavy (non-hydrogen) atoms. The van der Waals surface area contributed by atoms with Crippen LogP contribution >= 0.6 is 0 Å². The Morgan fingerprint density at radius 2 is 1.81 bits per heavy atom. The molecule has 4 fully saturated rings. The third-order valence-electron chi connectivity index (χ3n) is 7.54. The molecule has 4 unspecified atom stereocenters. The number of hydrogen-bond acceptors (Lipinski definition) is 2. The van der Waals surface area contributed by atoms with E-state index in [1.807, 2.05) is 0 Å². The van der Waals surface area contributed by atoms with Gasteiger partial charge >= 0.3 is 0 Å². The largest absolute Gasteiger partial charge is 0.396 e. The van der Waals surface area contributed by atoms with Gasteiger partial charge in [-0.3, -0.25) is 0 Å². The van der Waals surface area contributed by atoms with E-state index in [9.17, 15) is 10.2 Å². The molecule has 0 aromatic rings. The predicted molar refractivity (Wildman–Crippen MR) is 85.9 cm³/mol. The summed E-state index contributed by atoms with van der Waals surface area (Å²) in [6.07, 6.45) is 10.8. The lowest BCUT2D eigenvalue weighted by molar-refractivity contribution is -0.223. The summed E-state index contributed by atoms with van der Waals surface area (Å²) in [5.41, 5.74) is -0.355. The van der Waals surface area contributed by atoms with Crippen molar-refractivity contribution in [1.29, 1.82) is 0 Å². The second-order valence-corrected chi connectivity index (χ2v) is 9.09. The Balaban J connectivity index is 1.86. The summed E-state index contributed by atoms with van der Waals surface area (Å²) in [4.78, 5) is 0. The fourth-order valence-electron chi connectivity index (χ4n) is 6.54. The summed E-state index contributed by atoms with van der Waals surface area (Å²) in [5.74, 6) is 1.87. The van der Waals surface area contributed by atoms with Crippen molar-refractivity contribution in [2.75, 3.05) is 6.61 Å². The zero-order valence-corrected chi connectivity index (χ0v) is 14.2. The Morgan fingerprint density at radius 3 is 2.33 bits per heavy atom. The molecule has 0 aromatic carbocycles. The first kappa shape index (κ1) is 15.8. The summed E-state index contributed by atoms with van der Waals surface area (Å²) in [7, 11) is 0. The molecule has 122 valence electrons. The average molecular weight is 294 g/mol. The van der Waals surface area contributed by atoms with Gasteiger partial charge in [0.25, 0.3) is 0 Å². The number of aliphatic hydroxyl groups excluding tert-OH is 1. The maximum atomic E-state index is 11.5. The van der Waals surface area contributed by atoms with E-state index in [1.54, 1.807) is 0 Å². The molecule has 2 nitrogen and oxygen atoms in total. The van der Waals surface area contributed by atoms with Gasteiger partial charge in [-0.15, -0.1) is 0 Å². The molecule has 0 spiro atoms. The molecule has 0 saturated heterocycles. The Bertz CT molecular complexity index is 373. The van der Waals surface area contributed by atoms with Crippen LogP contribution in [0, 0.1) is 28.6 Å². The van der Waals surface area contributed by atoms with Crippen LogP contribution in [0.15, 0.2) is 0 Å². The number of rotatable bonds is 6. The van der Waals surface area contributed by atoms with Crippen LogP contribution in [-0.2, 0) is 0 Å². The molecule has 4 rings (SSSR count). The van der Waals surface area contributed by atoms with E-state index in [0.717, 1.165) is 24.7 Å². The van der Waals surface area contributed by atoms with Crippen molar-refractivity contribution in [3.8, 4) is 0 Å². The van der Waals surface area contributed by atoms with Crippen LogP contribution in [0.1, 0.15) is 78.6 Å². The minimum absolute atomic E-state index is 0.0764. The number of hydrogen-bond donors (Lipinski definition) is 2. The van der Waals surface area contributed by atoms with E-state index in [0.29, 0.717) is 12.5 Å². The van der Waals surface area contributed by atoms with Crippen molar-refractivity contribution in [2.24, 2.45) is 28.6 Å². The quantitative estimate of drug-likeness (QED) is 0.773. The van der Waals surface area contributed by atoms with Gasteiger partial charge in [-0.2, -0.15) is 0 Å². The van der Waals surface area contributed by atoms with E-state index in [-0.39, 0.29) is 10.8 Å².